The predicted molar refractivity (Wildman–Crippen MR) is 78.7 cm³/mol. The molecule has 0 saturated heterocycles. The quantitative estimate of drug-likeness (QED) is 0.731. The molecule has 0 aliphatic rings. The lowest BCUT2D eigenvalue weighted by Crippen LogP contribution is -2.15. The molecule has 1 aromatic carbocycles. The molecule has 1 amide bonds. The lowest BCUT2D eigenvalue weighted by Gasteiger charge is -2.11. The van der Waals surface area contributed by atoms with Gasteiger partial charge in [-0.05, 0) is 31.6 Å². The van der Waals surface area contributed by atoms with Crippen molar-refractivity contribution in [2.45, 2.75) is 18.6 Å². The number of hydrogen-bond acceptors (Lipinski definition) is 3. The fourth-order valence-corrected chi connectivity index (χ4v) is 2.77. The molecule has 0 bridgehead atoms. The van der Waals surface area contributed by atoms with Crippen molar-refractivity contribution in [3.63, 3.8) is 0 Å². The third-order valence-corrected chi connectivity index (χ3v) is 3.69. The topological polar surface area (TPSA) is 46.3 Å². The minimum atomic E-state index is -0.231. The zero-order valence-corrected chi connectivity index (χ0v) is 12.0. The molecular formula is C14H22N2OS. The number of hydrogen-bond donors (Lipinski definition) is 1. The van der Waals surface area contributed by atoms with E-state index in [0.717, 1.165) is 24.5 Å². The summed E-state index contributed by atoms with van der Waals surface area (Å²) in [7, 11) is 4.17. The van der Waals surface area contributed by atoms with Crippen LogP contribution in [0.1, 0.15) is 17.5 Å². The van der Waals surface area contributed by atoms with Gasteiger partial charge in [-0.3, -0.25) is 4.79 Å². The van der Waals surface area contributed by atoms with E-state index < -0.39 is 0 Å². The van der Waals surface area contributed by atoms with Gasteiger partial charge in [0.15, 0.2) is 0 Å². The van der Waals surface area contributed by atoms with Crippen LogP contribution in [0.5, 0.6) is 0 Å². The molecule has 1 rings (SSSR count). The van der Waals surface area contributed by atoms with Crippen LogP contribution >= 0.6 is 11.8 Å². The van der Waals surface area contributed by atoms with E-state index in [0.29, 0.717) is 6.42 Å². The average molecular weight is 266 g/mol. The Hall–Kier alpha value is -1.00. The van der Waals surface area contributed by atoms with E-state index in [1.165, 1.54) is 11.1 Å². The molecule has 0 spiro atoms. The van der Waals surface area contributed by atoms with Gasteiger partial charge in [0.05, 0.1) is 0 Å². The molecule has 1 aromatic rings. The number of aryl methyl sites for hydroxylation is 1. The highest BCUT2D eigenvalue weighted by Crippen LogP contribution is 2.17. The lowest BCUT2D eigenvalue weighted by atomic mass is 10.0. The molecular weight excluding hydrogens is 244 g/mol. The standard InChI is InChI=1S/C14H22N2OS/c1-16(2)9-10-18-11-13-6-4-3-5-12(13)7-8-14(15)17/h3-6H,7-11H2,1-2H3,(H2,15,17). The molecule has 0 unspecified atom stereocenters. The fraction of sp³-hybridized carbons (Fsp3) is 0.500. The Bertz CT molecular complexity index is 380. The Balaban J connectivity index is 2.45. The number of carbonyl (C=O) groups excluding carboxylic acids is 1. The minimum absolute atomic E-state index is 0.231. The van der Waals surface area contributed by atoms with Crippen LogP contribution in [0, 0.1) is 0 Å². The molecule has 18 heavy (non-hydrogen) atoms. The first-order valence-corrected chi connectivity index (χ1v) is 7.32. The van der Waals surface area contributed by atoms with Crippen molar-refractivity contribution >= 4 is 17.7 Å². The summed E-state index contributed by atoms with van der Waals surface area (Å²) in [6, 6.07) is 8.30. The monoisotopic (exact) mass is 266 g/mol. The van der Waals surface area contributed by atoms with Crippen LogP contribution < -0.4 is 5.73 Å². The Morgan fingerprint density at radius 2 is 1.94 bits per heavy atom. The maximum atomic E-state index is 10.8. The van der Waals surface area contributed by atoms with Crippen molar-refractivity contribution in [1.29, 1.82) is 0 Å². The number of nitrogens with zero attached hydrogens (tertiary/aromatic N) is 1. The number of rotatable bonds is 8. The maximum Gasteiger partial charge on any atom is 0.217 e. The molecule has 0 heterocycles. The molecule has 4 heteroatoms. The smallest absolute Gasteiger partial charge is 0.217 e. The van der Waals surface area contributed by atoms with Crippen molar-refractivity contribution in [3.05, 3.63) is 35.4 Å². The second-order valence-corrected chi connectivity index (χ2v) is 5.70. The Labute approximate surface area is 114 Å². The van der Waals surface area contributed by atoms with Gasteiger partial charge in [-0.1, -0.05) is 24.3 Å². The van der Waals surface area contributed by atoms with Crippen molar-refractivity contribution in [2.75, 3.05) is 26.4 Å². The van der Waals surface area contributed by atoms with Crippen molar-refractivity contribution < 1.29 is 4.79 Å². The highest BCUT2D eigenvalue weighted by atomic mass is 32.2. The third kappa shape index (κ3) is 6.07. The molecule has 0 radical (unpaired) electrons. The summed E-state index contributed by atoms with van der Waals surface area (Å²) in [4.78, 5) is 13.0. The summed E-state index contributed by atoms with van der Waals surface area (Å²) >= 11 is 1.93. The molecule has 0 fully saturated rings. The summed E-state index contributed by atoms with van der Waals surface area (Å²) in [5, 5.41) is 0. The van der Waals surface area contributed by atoms with Crippen molar-refractivity contribution in [2.24, 2.45) is 5.73 Å². The highest BCUT2D eigenvalue weighted by molar-refractivity contribution is 7.98. The Kier molecular flexibility index (Phi) is 6.83. The molecule has 0 aromatic heterocycles. The molecule has 3 nitrogen and oxygen atoms in total. The van der Waals surface area contributed by atoms with Gasteiger partial charge in [0, 0.05) is 24.5 Å². The number of benzene rings is 1. The summed E-state index contributed by atoms with van der Waals surface area (Å²) < 4.78 is 0. The zero-order chi connectivity index (χ0) is 13.4. The summed E-state index contributed by atoms with van der Waals surface area (Å²) in [6.45, 7) is 1.09. The average Bonchev–Trinajstić information content (AvgIpc) is 2.33. The Morgan fingerprint density at radius 3 is 2.56 bits per heavy atom. The summed E-state index contributed by atoms with van der Waals surface area (Å²) in [6.07, 6.45) is 1.18. The first-order valence-electron chi connectivity index (χ1n) is 6.17. The lowest BCUT2D eigenvalue weighted by molar-refractivity contribution is -0.117. The predicted octanol–water partition coefficient (Wildman–Crippen LogP) is 1.90. The molecule has 0 aliphatic heterocycles. The van der Waals surface area contributed by atoms with Crippen LogP contribution in [-0.2, 0) is 17.0 Å². The first kappa shape index (κ1) is 15.1. The van der Waals surface area contributed by atoms with Crippen LogP contribution in [-0.4, -0.2) is 37.2 Å². The van der Waals surface area contributed by atoms with E-state index in [2.05, 4.69) is 37.2 Å². The van der Waals surface area contributed by atoms with E-state index >= 15 is 0 Å². The number of thioether (sulfide) groups is 1. The second kappa shape index (κ2) is 8.16. The van der Waals surface area contributed by atoms with E-state index in [-0.39, 0.29) is 5.91 Å². The van der Waals surface area contributed by atoms with Gasteiger partial charge in [-0.25, -0.2) is 0 Å². The summed E-state index contributed by atoms with van der Waals surface area (Å²) in [5.41, 5.74) is 7.76. The zero-order valence-electron chi connectivity index (χ0n) is 11.2. The molecule has 100 valence electrons. The van der Waals surface area contributed by atoms with Crippen LogP contribution in [0.3, 0.4) is 0 Å². The van der Waals surface area contributed by atoms with Crippen LogP contribution in [0.25, 0.3) is 0 Å². The number of nitrogens with two attached hydrogens (primary N) is 1. The van der Waals surface area contributed by atoms with Crippen LogP contribution in [0.2, 0.25) is 0 Å². The van der Waals surface area contributed by atoms with Gasteiger partial charge in [0.2, 0.25) is 5.91 Å². The van der Waals surface area contributed by atoms with E-state index in [1.807, 2.05) is 17.8 Å². The van der Waals surface area contributed by atoms with E-state index in [1.54, 1.807) is 0 Å². The van der Waals surface area contributed by atoms with E-state index in [4.69, 9.17) is 5.73 Å². The number of carbonyl (C=O) groups is 1. The largest absolute Gasteiger partial charge is 0.370 e. The van der Waals surface area contributed by atoms with Gasteiger partial charge in [0.1, 0.15) is 0 Å². The number of primary amides is 1. The van der Waals surface area contributed by atoms with Gasteiger partial charge in [0.25, 0.3) is 0 Å². The van der Waals surface area contributed by atoms with Gasteiger partial charge in [-0.2, -0.15) is 11.8 Å². The maximum absolute atomic E-state index is 10.8. The molecule has 0 saturated carbocycles. The fourth-order valence-electron chi connectivity index (χ4n) is 1.63. The second-order valence-electron chi connectivity index (χ2n) is 4.59. The van der Waals surface area contributed by atoms with Gasteiger partial charge >= 0.3 is 0 Å². The molecule has 0 aliphatic carbocycles. The minimum Gasteiger partial charge on any atom is -0.370 e. The SMILES string of the molecule is CN(C)CCSCc1ccccc1CCC(N)=O. The van der Waals surface area contributed by atoms with Crippen LogP contribution in [0.15, 0.2) is 24.3 Å². The summed E-state index contributed by atoms with van der Waals surface area (Å²) in [5.74, 6) is 1.89. The first-order chi connectivity index (χ1) is 8.59. The highest BCUT2D eigenvalue weighted by Gasteiger charge is 2.04. The van der Waals surface area contributed by atoms with Crippen molar-refractivity contribution in [1.82, 2.24) is 4.90 Å². The molecule has 0 atom stereocenters. The van der Waals surface area contributed by atoms with Gasteiger partial charge < -0.3 is 10.6 Å². The van der Waals surface area contributed by atoms with Crippen LogP contribution in [0.4, 0.5) is 0 Å². The van der Waals surface area contributed by atoms with E-state index in [9.17, 15) is 4.79 Å². The van der Waals surface area contributed by atoms with Gasteiger partial charge in [-0.15, -0.1) is 0 Å². The van der Waals surface area contributed by atoms with Crippen molar-refractivity contribution in [3.8, 4) is 0 Å². The molecule has 2 N–H and O–H groups in total. The normalized spacial score (nSPS) is 10.8. The Morgan fingerprint density at radius 1 is 1.28 bits per heavy atom. The number of amides is 1. The third-order valence-electron chi connectivity index (χ3n) is 2.70.